The van der Waals surface area contributed by atoms with Gasteiger partial charge in [0.15, 0.2) is 9.84 Å². The number of rotatable bonds is 2. The molecule has 0 amide bonds. The molecule has 3 rings (SSSR count). The molecule has 0 fully saturated rings. The predicted molar refractivity (Wildman–Crippen MR) is 85.0 cm³/mol. The normalized spacial score (nSPS) is 11.7. The molecular weight excluding hydrogens is 282 g/mol. The third-order valence-corrected chi connectivity index (χ3v) is 4.76. The molecule has 0 spiro atoms. The summed E-state index contributed by atoms with van der Waals surface area (Å²) in [6.45, 7) is 1.82. The Labute approximate surface area is 124 Å². The summed E-state index contributed by atoms with van der Waals surface area (Å²) < 4.78 is 24.4. The molecule has 0 N–H and O–H groups in total. The second-order valence-corrected chi connectivity index (χ2v) is 7.02. The quantitative estimate of drug-likeness (QED) is 0.726. The minimum atomic E-state index is -3.33. The van der Waals surface area contributed by atoms with Crippen LogP contribution in [0.2, 0.25) is 0 Å². The van der Waals surface area contributed by atoms with Gasteiger partial charge in [0.1, 0.15) is 0 Å². The lowest BCUT2D eigenvalue weighted by Crippen LogP contribution is -2.04. The summed E-state index contributed by atoms with van der Waals surface area (Å²) in [5, 5.41) is 0.678. The molecule has 3 aromatic rings. The smallest absolute Gasteiger partial charge is 0.176 e. The van der Waals surface area contributed by atoms with Gasteiger partial charge in [-0.15, -0.1) is 0 Å². The first kappa shape index (κ1) is 13.8. The van der Waals surface area contributed by atoms with Crippen molar-refractivity contribution in [3.05, 3.63) is 60.2 Å². The van der Waals surface area contributed by atoms with Crippen LogP contribution in [-0.4, -0.2) is 19.7 Å². The summed E-state index contributed by atoms with van der Waals surface area (Å²) in [4.78, 5) is 5.02. The fourth-order valence-corrected chi connectivity index (χ4v) is 3.86. The van der Waals surface area contributed by atoms with Gasteiger partial charge >= 0.3 is 0 Å². The predicted octanol–water partition coefficient (Wildman–Crippen LogP) is 3.61. The van der Waals surface area contributed by atoms with Crippen LogP contribution in [0, 0.1) is 6.92 Å². The largest absolute Gasteiger partial charge is 0.247 e. The minimum Gasteiger partial charge on any atom is -0.247 e. The fraction of sp³-hybridized carbons (Fsp3) is 0.118. The average molecular weight is 297 g/mol. The van der Waals surface area contributed by atoms with E-state index in [1.807, 2.05) is 55.5 Å². The zero-order valence-electron chi connectivity index (χ0n) is 11.9. The molecule has 0 bridgehead atoms. The number of hydrogen-bond donors (Lipinski definition) is 0. The van der Waals surface area contributed by atoms with Gasteiger partial charge in [-0.3, -0.25) is 0 Å². The Balaban J connectivity index is 2.47. The maximum absolute atomic E-state index is 12.2. The van der Waals surface area contributed by atoms with Crippen LogP contribution in [0.1, 0.15) is 5.56 Å². The van der Waals surface area contributed by atoms with Crippen LogP contribution in [0.4, 0.5) is 0 Å². The number of pyridine rings is 1. The molecule has 0 saturated carbocycles. The van der Waals surface area contributed by atoms with Crippen molar-refractivity contribution in [2.75, 3.05) is 6.26 Å². The van der Waals surface area contributed by atoms with Gasteiger partial charge < -0.3 is 0 Å². The first-order valence-electron chi connectivity index (χ1n) is 6.63. The third-order valence-electron chi connectivity index (χ3n) is 3.49. The lowest BCUT2D eigenvalue weighted by Gasteiger charge is -2.13. The van der Waals surface area contributed by atoms with E-state index in [1.54, 1.807) is 6.07 Å². The second kappa shape index (κ2) is 4.97. The summed E-state index contributed by atoms with van der Waals surface area (Å²) in [6, 6.07) is 17.0. The van der Waals surface area contributed by atoms with E-state index in [9.17, 15) is 8.42 Å². The lowest BCUT2D eigenvalue weighted by molar-refractivity contribution is 0.602. The van der Waals surface area contributed by atoms with Crippen molar-refractivity contribution < 1.29 is 8.42 Å². The number of para-hydroxylation sites is 1. The van der Waals surface area contributed by atoms with Gasteiger partial charge in [-0.2, -0.15) is 0 Å². The molecule has 106 valence electrons. The summed E-state index contributed by atoms with van der Waals surface area (Å²) in [5.74, 6) is 0. The molecule has 3 nitrogen and oxygen atoms in total. The van der Waals surface area contributed by atoms with Crippen molar-refractivity contribution in [3.8, 4) is 11.3 Å². The molecule has 21 heavy (non-hydrogen) atoms. The molecule has 2 aromatic carbocycles. The minimum absolute atomic E-state index is 0.368. The summed E-state index contributed by atoms with van der Waals surface area (Å²) in [7, 11) is -3.33. The second-order valence-electron chi connectivity index (χ2n) is 5.07. The monoisotopic (exact) mass is 297 g/mol. The average Bonchev–Trinajstić information content (AvgIpc) is 2.46. The van der Waals surface area contributed by atoms with Crippen LogP contribution in [0.25, 0.3) is 22.2 Å². The van der Waals surface area contributed by atoms with E-state index in [4.69, 9.17) is 0 Å². The van der Waals surface area contributed by atoms with Crippen LogP contribution in [0.5, 0.6) is 0 Å². The van der Waals surface area contributed by atoms with Gasteiger partial charge in [0.2, 0.25) is 0 Å². The van der Waals surface area contributed by atoms with E-state index in [0.29, 0.717) is 21.4 Å². The first-order valence-corrected chi connectivity index (χ1v) is 8.52. The highest BCUT2D eigenvalue weighted by atomic mass is 32.2. The Morgan fingerprint density at radius 3 is 2.19 bits per heavy atom. The Bertz CT molecular complexity index is 916. The van der Waals surface area contributed by atoms with Crippen molar-refractivity contribution in [2.45, 2.75) is 11.8 Å². The van der Waals surface area contributed by atoms with Crippen LogP contribution >= 0.6 is 0 Å². The molecule has 1 heterocycles. The number of aromatic nitrogens is 1. The van der Waals surface area contributed by atoms with E-state index in [0.717, 1.165) is 11.3 Å². The zero-order valence-corrected chi connectivity index (χ0v) is 12.7. The molecule has 0 saturated heterocycles. The van der Waals surface area contributed by atoms with E-state index >= 15 is 0 Å². The standard InChI is InChI=1S/C17H15NO2S/c1-12-16(13-8-4-3-5-9-13)18-15-11-7-6-10-14(15)17(12)21(2,19)20/h3-11H,1-2H3. The van der Waals surface area contributed by atoms with E-state index in [-0.39, 0.29) is 0 Å². The maximum Gasteiger partial charge on any atom is 0.176 e. The Morgan fingerprint density at radius 2 is 1.52 bits per heavy atom. The molecular formula is C17H15NO2S. The first-order chi connectivity index (χ1) is 9.98. The molecule has 0 aliphatic heterocycles. The topological polar surface area (TPSA) is 47.0 Å². The maximum atomic E-state index is 12.2. The number of sulfone groups is 1. The third kappa shape index (κ3) is 2.43. The van der Waals surface area contributed by atoms with Crippen molar-refractivity contribution >= 4 is 20.7 Å². The summed E-state index contributed by atoms with van der Waals surface area (Å²) in [5.41, 5.74) is 3.03. The molecule has 0 aliphatic carbocycles. The molecule has 0 unspecified atom stereocenters. The van der Waals surface area contributed by atoms with Crippen molar-refractivity contribution in [3.63, 3.8) is 0 Å². The van der Waals surface area contributed by atoms with Gasteiger partial charge in [0.05, 0.1) is 16.1 Å². The molecule has 0 radical (unpaired) electrons. The van der Waals surface area contributed by atoms with E-state index < -0.39 is 9.84 Å². The highest BCUT2D eigenvalue weighted by molar-refractivity contribution is 7.91. The zero-order chi connectivity index (χ0) is 15.0. The Morgan fingerprint density at radius 1 is 0.905 bits per heavy atom. The fourth-order valence-electron chi connectivity index (χ4n) is 2.63. The lowest BCUT2D eigenvalue weighted by atomic mass is 10.0. The summed E-state index contributed by atoms with van der Waals surface area (Å²) in [6.07, 6.45) is 1.25. The van der Waals surface area contributed by atoms with E-state index in [2.05, 4.69) is 4.98 Å². The van der Waals surface area contributed by atoms with Gasteiger partial charge in [0.25, 0.3) is 0 Å². The van der Waals surface area contributed by atoms with Crippen molar-refractivity contribution in [1.82, 2.24) is 4.98 Å². The van der Waals surface area contributed by atoms with Crippen LogP contribution in [0.3, 0.4) is 0 Å². The molecule has 1 aromatic heterocycles. The number of benzene rings is 2. The van der Waals surface area contributed by atoms with Gasteiger partial charge in [0, 0.05) is 17.2 Å². The SMILES string of the molecule is Cc1c(-c2ccccc2)nc2ccccc2c1S(C)(=O)=O. The Kier molecular flexibility index (Phi) is 3.26. The number of fused-ring (bicyclic) bond motifs is 1. The highest BCUT2D eigenvalue weighted by Gasteiger charge is 2.19. The van der Waals surface area contributed by atoms with Crippen LogP contribution in [0.15, 0.2) is 59.5 Å². The van der Waals surface area contributed by atoms with Crippen LogP contribution < -0.4 is 0 Å². The van der Waals surface area contributed by atoms with Gasteiger partial charge in [-0.25, -0.2) is 13.4 Å². The molecule has 0 aliphatic rings. The van der Waals surface area contributed by atoms with Gasteiger partial charge in [-0.05, 0) is 18.6 Å². The van der Waals surface area contributed by atoms with Crippen molar-refractivity contribution in [2.24, 2.45) is 0 Å². The van der Waals surface area contributed by atoms with Crippen molar-refractivity contribution in [1.29, 1.82) is 0 Å². The highest BCUT2D eigenvalue weighted by Crippen LogP contribution is 2.32. The van der Waals surface area contributed by atoms with Crippen LogP contribution in [-0.2, 0) is 9.84 Å². The Hall–Kier alpha value is -2.20. The number of nitrogens with zero attached hydrogens (tertiary/aromatic N) is 1. The van der Waals surface area contributed by atoms with E-state index in [1.165, 1.54) is 6.26 Å². The molecule has 0 atom stereocenters. The number of hydrogen-bond acceptors (Lipinski definition) is 3. The van der Waals surface area contributed by atoms with Gasteiger partial charge in [-0.1, -0.05) is 48.5 Å². The molecule has 4 heteroatoms. The summed E-state index contributed by atoms with van der Waals surface area (Å²) >= 11 is 0.